The highest BCUT2D eigenvalue weighted by Crippen LogP contribution is 2.19. The molecule has 0 aliphatic heterocycles. The SMILES string of the molecule is CCc1ccc2ccc(/C=C/CC(=O)O)cc2c1. The van der Waals surface area contributed by atoms with E-state index >= 15 is 0 Å². The molecule has 2 aromatic carbocycles. The summed E-state index contributed by atoms with van der Waals surface area (Å²) in [6.45, 7) is 2.14. The molecule has 0 saturated heterocycles. The molecule has 2 nitrogen and oxygen atoms in total. The Balaban J connectivity index is 2.30. The molecule has 2 rings (SSSR count). The number of fused-ring (bicyclic) bond motifs is 1. The van der Waals surface area contributed by atoms with Gasteiger partial charge in [0, 0.05) is 0 Å². The Morgan fingerprint density at radius 3 is 2.67 bits per heavy atom. The zero-order valence-corrected chi connectivity index (χ0v) is 10.4. The first-order valence-corrected chi connectivity index (χ1v) is 6.10. The first kappa shape index (κ1) is 12.4. The quantitative estimate of drug-likeness (QED) is 0.880. The topological polar surface area (TPSA) is 37.3 Å². The molecule has 18 heavy (non-hydrogen) atoms. The summed E-state index contributed by atoms with van der Waals surface area (Å²) < 4.78 is 0. The van der Waals surface area contributed by atoms with E-state index in [9.17, 15) is 4.79 Å². The second-order valence-corrected chi connectivity index (χ2v) is 4.29. The van der Waals surface area contributed by atoms with Crippen molar-refractivity contribution in [3.05, 3.63) is 53.6 Å². The second-order valence-electron chi connectivity index (χ2n) is 4.29. The van der Waals surface area contributed by atoms with Gasteiger partial charge >= 0.3 is 5.97 Å². The minimum Gasteiger partial charge on any atom is -0.481 e. The molecular formula is C16H16O2. The highest BCUT2D eigenvalue weighted by atomic mass is 16.4. The Morgan fingerprint density at radius 1 is 1.17 bits per heavy atom. The summed E-state index contributed by atoms with van der Waals surface area (Å²) in [6, 6.07) is 12.6. The van der Waals surface area contributed by atoms with Gasteiger partial charge in [-0.2, -0.15) is 0 Å². The van der Waals surface area contributed by atoms with Crippen LogP contribution >= 0.6 is 0 Å². The van der Waals surface area contributed by atoms with E-state index < -0.39 is 5.97 Å². The van der Waals surface area contributed by atoms with Crippen LogP contribution in [-0.2, 0) is 11.2 Å². The first-order valence-electron chi connectivity index (χ1n) is 6.10. The lowest BCUT2D eigenvalue weighted by molar-refractivity contribution is -0.135. The summed E-state index contributed by atoms with van der Waals surface area (Å²) in [5.41, 5.74) is 2.35. The Kier molecular flexibility index (Phi) is 3.78. The molecule has 0 aliphatic rings. The van der Waals surface area contributed by atoms with Crippen molar-refractivity contribution >= 4 is 22.8 Å². The predicted octanol–water partition coefficient (Wildman–Crippen LogP) is 3.89. The van der Waals surface area contributed by atoms with Gasteiger partial charge in [0.25, 0.3) is 0 Å². The van der Waals surface area contributed by atoms with Crippen molar-refractivity contribution in [1.82, 2.24) is 0 Å². The average Bonchev–Trinajstić information content (AvgIpc) is 2.37. The number of aryl methyl sites for hydroxylation is 1. The standard InChI is InChI=1S/C16H16O2/c1-2-12-6-8-14-9-7-13(11-15(14)10-12)4-3-5-16(17)18/h3-4,6-11H,2,5H2,1H3,(H,17,18)/b4-3+. The zero-order valence-electron chi connectivity index (χ0n) is 10.4. The Morgan fingerprint density at radius 2 is 1.94 bits per heavy atom. The molecular weight excluding hydrogens is 224 g/mol. The van der Waals surface area contributed by atoms with E-state index in [-0.39, 0.29) is 6.42 Å². The third kappa shape index (κ3) is 2.98. The van der Waals surface area contributed by atoms with Crippen LogP contribution in [0.5, 0.6) is 0 Å². The lowest BCUT2D eigenvalue weighted by Gasteiger charge is -2.02. The molecule has 0 fully saturated rings. The van der Waals surface area contributed by atoms with Crippen LogP contribution in [0.2, 0.25) is 0 Å². The van der Waals surface area contributed by atoms with Crippen molar-refractivity contribution in [2.45, 2.75) is 19.8 Å². The fourth-order valence-corrected chi connectivity index (χ4v) is 1.93. The predicted molar refractivity (Wildman–Crippen MR) is 74.6 cm³/mol. The van der Waals surface area contributed by atoms with Crippen LogP contribution in [0.1, 0.15) is 24.5 Å². The van der Waals surface area contributed by atoms with Gasteiger partial charge in [0.2, 0.25) is 0 Å². The maximum atomic E-state index is 10.4. The number of hydrogen-bond acceptors (Lipinski definition) is 1. The smallest absolute Gasteiger partial charge is 0.307 e. The van der Waals surface area contributed by atoms with E-state index in [1.54, 1.807) is 6.08 Å². The fraction of sp³-hybridized carbons (Fsp3) is 0.188. The number of hydrogen-bond donors (Lipinski definition) is 1. The van der Waals surface area contributed by atoms with Crippen molar-refractivity contribution in [3.63, 3.8) is 0 Å². The highest BCUT2D eigenvalue weighted by Gasteiger charge is 1.97. The number of carboxylic acid groups (broad SMARTS) is 1. The maximum absolute atomic E-state index is 10.4. The maximum Gasteiger partial charge on any atom is 0.307 e. The van der Waals surface area contributed by atoms with Crippen LogP contribution in [-0.4, -0.2) is 11.1 Å². The molecule has 2 heteroatoms. The minimum absolute atomic E-state index is 0.0625. The van der Waals surface area contributed by atoms with Crippen LogP contribution in [0.25, 0.3) is 16.8 Å². The zero-order chi connectivity index (χ0) is 13.0. The average molecular weight is 240 g/mol. The lowest BCUT2D eigenvalue weighted by Crippen LogP contribution is -1.89. The van der Waals surface area contributed by atoms with Crippen LogP contribution in [0.4, 0.5) is 0 Å². The molecule has 0 amide bonds. The number of aliphatic carboxylic acids is 1. The van der Waals surface area contributed by atoms with Crippen LogP contribution in [0, 0.1) is 0 Å². The fourth-order valence-electron chi connectivity index (χ4n) is 1.93. The molecule has 0 heterocycles. The normalized spacial score (nSPS) is 11.2. The summed E-state index contributed by atoms with van der Waals surface area (Å²) in [6.07, 6.45) is 4.61. The molecule has 1 N–H and O–H groups in total. The third-order valence-electron chi connectivity index (χ3n) is 2.94. The van der Waals surface area contributed by atoms with Crippen LogP contribution in [0.15, 0.2) is 42.5 Å². The molecule has 0 spiro atoms. The van der Waals surface area contributed by atoms with Crippen molar-refractivity contribution in [1.29, 1.82) is 0 Å². The molecule has 0 aliphatic carbocycles. The molecule has 0 bridgehead atoms. The van der Waals surface area contributed by atoms with Gasteiger partial charge in [0.1, 0.15) is 0 Å². The van der Waals surface area contributed by atoms with Gasteiger partial charge in [-0.15, -0.1) is 0 Å². The van der Waals surface area contributed by atoms with Gasteiger partial charge in [-0.05, 0) is 34.4 Å². The molecule has 92 valence electrons. The van der Waals surface area contributed by atoms with Crippen molar-refractivity contribution < 1.29 is 9.90 Å². The van der Waals surface area contributed by atoms with Gasteiger partial charge < -0.3 is 5.11 Å². The second kappa shape index (κ2) is 5.50. The first-order chi connectivity index (χ1) is 8.69. The summed E-state index contributed by atoms with van der Waals surface area (Å²) in [7, 11) is 0. The van der Waals surface area contributed by atoms with Crippen molar-refractivity contribution in [2.24, 2.45) is 0 Å². The van der Waals surface area contributed by atoms with E-state index in [1.165, 1.54) is 16.3 Å². The molecule has 0 aromatic heterocycles. The number of rotatable bonds is 4. The van der Waals surface area contributed by atoms with E-state index in [0.29, 0.717) is 0 Å². The molecule has 0 atom stereocenters. The third-order valence-corrected chi connectivity index (χ3v) is 2.94. The highest BCUT2D eigenvalue weighted by molar-refractivity contribution is 5.85. The van der Waals surface area contributed by atoms with E-state index in [1.807, 2.05) is 12.1 Å². The Hall–Kier alpha value is -2.09. The Labute approximate surface area is 107 Å². The molecule has 0 saturated carbocycles. The van der Waals surface area contributed by atoms with Crippen LogP contribution in [0.3, 0.4) is 0 Å². The number of benzene rings is 2. The van der Waals surface area contributed by atoms with Gasteiger partial charge in [-0.3, -0.25) is 4.79 Å². The Bertz CT molecular complexity index is 597. The van der Waals surface area contributed by atoms with Gasteiger partial charge in [0.05, 0.1) is 6.42 Å². The van der Waals surface area contributed by atoms with Gasteiger partial charge in [0.15, 0.2) is 0 Å². The minimum atomic E-state index is -0.805. The van der Waals surface area contributed by atoms with Crippen molar-refractivity contribution in [3.8, 4) is 0 Å². The van der Waals surface area contributed by atoms with E-state index in [0.717, 1.165) is 12.0 Å². The number of carbonyl (C=O) groups is 1. The lowest BCUT2D eigenvalue weighted by atomic mass is 10.0. The molecule has 0 radical (unpaired) electrons. The van der Waals surface area contributed by atoms with E-state index in [4.69, 9.17) is 5.11 Å². The molecule has 2 aromatic rings. The number of carboxylic acids is 1. The van der Waals surface area contributed by atoms with Gasteiger partial charge in [-0.1, -0.05) is 49.4 Å². The monoisotopic (exact) mass is 240 g/mol. The van der Waals surface area contributed by atoms with Crippen molar-refractivity contribution in [2.75, 3.05) is 0 Å². The summed E-state index contributed by atoms with van der Waals surface area (Å²) in [4.78, 5) is 10.4. The largest absolute Gasteiger partial charge is 0.481 e. The van der Waals surface area contributed by atoms with E-state index in [2.05, 4.69) is 37.3 Å². The summed E-state index contributed by atoms with van der Waals surface area (Å²) >= 11 is 0. The molecule has 0 unspecified atom stereocenters. The van der Waals surface area contributed by atoms with Crippen LogP contribution < -0.4 is 0 Å². The van der Waals surface area contributed by atoms with Gasteiger partial charge in [-0.25, -0.2) is 0 Å². The summed E-state index contributed by atoms with van der Waals surface area (Å²) in [5, 5.41) is 11.0. The summed E-state index contributed by atoms with van der Waals surface area (Å²) in [5.74, 6) is -0.805.